The predicted molar refractivity (Wildman–Crippen MR) is 88.9 cm³/mol. The summed E-state index contributed by atoms with van der Waals surface area (Å²) in [4.78, 5) is 11.6. The van der Waals surface area contributed by atoms with Crippen molar-refractivity contribution < 1.29 is 36.9 Å². The van der Waals surface area contributed by atoms with E-state index in [1.165, 1.54) is 25.3 Å². The van der Waals surface area contributed by atoms with Crippen LogP contribution in [-0.4, -0.2) is 50.9 Å². The monoisotopic (exact) mass is 387 g/mol. The molecule has 0 radical (unpaired) electrons. The first-order valence-electron chi connectivity index (χ1n) is 7.85. The Labute approximate surface area is 149 Å². The van der Waals surface area contributed by atoms with Crippen molar-refractivity contribution in [3.05, 3.63) is 35.7 Å². The van der Waals surface area contributed by atoms with Crippen molar-refractivity contribution in [2.45, 2.75) is 23.9 Å². The third-order valence-electron chi connectivity index (χ3n) is 4.29. The molecule has 142 valence electrons. The minimum Gasteiger partial charge on any atom is -0.494 e. The summed E-state index contributed by atoms with van der Waals surface area (Å²) in [6.07, 6.45) is 1.44. The van der Waals surface area contributed by atoms with E-state index in [9.17, 15) is 22.7 Å². The molecule has 2 N–H and O–H groups in total. The van der Waals surface area contributed by atoms with E-state index in [-0.39, 0.29) is 29.9 Å². The van der Waals surface area contributed by atoms with Gasteiger partial charge in [-0.2, -0.15) is 0 Å². The van der Waals surface area contributed by atoms with E-state index in [0.717, 1.165) is 6.07 Å². The number of carboxylic acids is 1. The lowest BCUT2D eigenvalue weighted by atomic mass is 9.94. The van der Waals surface area contributed by atoms with Gasteiger partial charge in [-0.1, -0.05) is 0 Å². The van der Waals surface area contributed by atoms with Gasteiger partial charge in [0.1, 0.15) is 5.25 Å². The standard InChI is InChI=1S/C16H18FNO7S/c1-23-13-8-10(2-3-12(13)17)18-26(21,22)14-4-5-16(24-6-7-25-16)9-11(14)15(19)20/h2-3,8-9,14,18H,4-7H2,1H3,(H,19,20). The Morgan fingerprint density at radius 2 is 2.08 bits per heavy atom. The maximum Gasteiger partial charge on any atom is 0.332 e. The van der Waals surface area contributed by atoms with Crippen LogP contribution in [-0.2, 0) is 24.3 Å². The van der Waals surface area contributed by atoms with Crippen LogP contribution < -0.4 is 9.46 Å². The number of ether oxygens (including phenoxy) is 3. The first-order chi connectivity index (χ1) is 12.3. The van der Waals surface area contributed by atoms with Crippen molar-refractivity contribution in [2.75, 3.05) is 25.0 Å². The van der Waals surface area contributed by atoms with E-state index in [4.69, 9.17) is 14.2 Å². The summed E-state index contributed by atoms with van der Waals surface area (Å²) in [5.41, 5.74) is -0.249. The number of hydrogen-bond acceptors (Lipinski definition) is 6. The largest absolute Gasteiger partial charge is 0.494 e. The summed E-state index contributed by atoms with van der Waals surface area (Å²) in [7, 11) is -2.85. The Kier molecular flexibility index (Phi) is 4.91. The third kappa shape index (κ3) is 3.53. The number of carbonyl (C=O) groups is 1. The molecule has 1 aromatic rings. The van der Waals surface area contributed by atoms with E-state index in [0.29, 0.717) is 13.2 Å². The molecule has 0 saturated carbocycles. The number of nitrogens with one attached hydrogen (secondary N) is 1. The van der Waals surface area contributed by atoms with Crippen LogP contribution in [0.1, 0.15) is 12.8 Å². The van der Waals surface area contributed by atoms with Gasteiger partial charge in [0.05, 0.1) is 31.6 Å². The molecule has 3 rings (SSSR count). The molecule has 1 aliphatic carbocycles. The van der Waals surface area contributed by atoms with E-state index in [1.807, 2.05) is 0 Å². The predicted octanol–water partition coefficient (Wildman–Crippen LogP) is 1.49. The molecule has 0 amide bonds. The van der Waals surface area contributed by atoms with Crippen molar-refractivity contribution in [3.8, 4) is 5.75 Å². The van der Waals surface area contributed by atoms with Crippen molar-refractivity contribution >= 4 is 21.7 Å². The van der Waals surface area contributed by atoms with E-state index < -0.39 is 32.8 Å². The van der Waals surface area contributed by atoms with Gasteiger partial charge in [-0.15, -0.1) is 0 Å². The quantitative estimate of drug-likeness (QED) is 0.787. The molecule has 1 heterocycles. The highest BCUT2D eigenvalue weighted by Gasteiger charge is 2.45. The number of anilines is 1. The normalized spacial score (nSPS) is 22.1. The molecule has 1 unspecified atom stereocenters. The van der Waals surface area contributed by atoms with Crippen LogP contribution in [0, 0.1) is 5.82 Å². The number of methoxy groups -OCH3 is 1. The molecule has 1 spiro atoms. The molecule has 1 aromatic carbocycles. The molecule has 0 bridgehead atoms. The minimum absolute atomic E-state index is 0.00575. The Bertz CT molecular complexity index is 846. The number of carboxylic acid groups (broad SMARTS) is 1. The molecule has 10 heteroatoms. The zero-order valence-corrected chi connectivity index (χ0v) is 14.7. The van der Waals surface area contributed by atoms with Gasteiger partial charge in [-0.25, -0.2) is 17.6 Å². The maximum atomic E-state index is 13.5. The summed E-state index contributed by atoms with van der Waals surface area (Å²) in [6, 6.07) is 3.47. The summed E-state index contributed by atoms with van der Waals surface area (Å²) in [6.45, 7) is 0.628. The fourth-order valence-electron chi connectivity index (χ4n) is 3.07. The van der Waals surface area contributed by atoms with Gasteiger partial charge in [0, 0.05) is 12.5 Å². The van der Waals surface area contributed by atoms with Crippen LogP contribution in [0.5, 0.6) is 5.75 Å². The first-order valence-corrected chi connectivity index (χ1v) is 9.40. The molecule has 0 aromatic heterocycles. The Morgan fingerprint density at radius 1 is 1.38 bits per heavy atom. The van der Waals surface area contributed by atoms with E-state index in [1.54, 1.807) is 0 Å². The molecular formula is C16H18FNO7S. The summed E-state index contributed by atoms with van der Waals surface area (Å²) in [5, 5.41) is 8.16. The number of sulfonamides is 1. The van der Waals surface area contributed by atoms with Crippen LogP contribution in [0.15, 0.2) is 29.8 Å². The van der Waals surface area contributed by atoms with Gasteiger partial charge in [0.15, 0.2) is 17.4 Å². The molecule has 1 saturated heterocycles. The Balaban J connectivity index is 1.90. The first kappa shape index (κ1) is 18.6. The highest BCUT2D eigenvalue weighted by atomic mass is 32.2. The van der Waals surface area contributed by atoms with Gasteiger partial charge < -0.3 is 19.3 Å². The minimum atomic E-state index is -4.10. The Morgan fingerprint density at radius 3 is 2.69 bits per heavy atom. The molecule has 2 aliphatic rings. The molecule has 1 atom stereocenters. The molecule has 1 aliphatic heterocycles. The third-order valence-corrected chi connectivity index (χ3v) is 6.05. The zero-order chi connectivity index (χ0) is 18.9. The number of benzene rings is 1. The average Bonchev–Trinajstić information content (AvgIpc) is 3.03. The SMILES string of the molecule is COc1cc(NS(=O)(=O)C2CCC3(C=C2C(=O)O)OCCO3)ccc1F. The smallest absolute Gasteiger partial charge is 0.332 e. The van der Waals surface area contributed by atoms with E-state index in [2.05, 4.69) is 4.72 Å². The molecule has 8 nitrogen and oxygen atoms in total. The van der Waals surface area contributed by atoms with Gasteiger partial charge in [0.2, 0.25) is 10.0 Å². The van der Waals surface area contributed by atoms with Gasteiger partial charge in [-0.3, -0.25) is 4.72 Å². The second kappa shape index (κ2) is 6.86. The fraction of sp³-hybridized carbons (Fsp3) is 0.438. The summed E-state index contributed by atoms with van der Waals surface area (Å²) in [5.74, 6) is -3.32. The van der Waals surface area contributed by atoms with Crippen molar-refractivity contribution in [1.82, 2.24) is 0 Å². The van der Waals surface area contributed by atoms with Crippen LogP contribution >= 0.6 is 0 Å². The second-order valence-corrected chi connectivity index (χ2v) is 7.80. The van der Waals surface area contributed by atoms with Gasteiger partial charge >= 0.3 is 5.97 Å². The van der Waals surface area contributed by atoms with Crippen LogP contribution in [0.25, 0.3) is 0 Å². The number of hydrogen-bond donors (Lipinski definition) is 2. The highest BCUT2D eigenvalue weighted by Crippen LogP contribution is 2.37. The van der Waals surface area contributed by atoms with Gasteiger partial charge in [0.25, 0.3) is 0 Å². The lowest BCUT2D eigenvalue weighted by Crippen LogP contribution is -2.41. The number of halogens is 1. The summed E-state index contributed by atoms with van der Waals surface area (Å²) < 4.78 is 56.9. The highest BCUT2D eigenvalue weighted by molar-refractivity contribution is 7.93. The fourth-order valence-corrected chi connectivity index (χ4v) is 4.60. The lowest BCUT2D eigenvalue weighted by molar-refractivity contribution is -0.138. The zero-order valence-electron chi connectivity index (χ0n) is 13.9. The second-order valence-electron chi connectivity index (χ2n) is 5.94. The van der Waals surface area contributed by atoms with Crippen LogP contribution in [0.4, 0.5) is 10.1 Å². The van der Waals surface area contributed by atoms with Crippen molar-refractivity contribution in [2.24, 2.45) is 0 Å². The lowest BCUT2D eigenvalue weighted by Gasteiger charge is -2.32. The van der Waals surface area contributed by atoms with Crippen molar-refractivity contribution in [1.29, 1.82) is 0 Å². The Hall–Kier alpha value is -2.17. The molecule has 26 heavy (non-hydrogen) atoms. The van der Waals surface area contributed by atoms with Gasteiger partial charge in [-0.05, 0) is 24.6 Å². The average molecular weight is 387 g/mol. The maximum absolute atomic E-state index is 13.5. The van der Waals surface area contributed by atoms with E-state index >= 15 is 0 Å². The summed E-state index contributed by atoms with van der Waals surface area (Å²) >= 11 is 0. The van der Waals surface area contributed by atoms with Crippen LogP contribution in [0.2, 0.25) is 0 Å². The number of rotatable bonds is 5. The topological polar surface area (TPSA) is 111 Å². The van der Waals surface area contributed by atoms with Crippen LogP contribution in [0.3, 0.4) is 0 Å². The van der Waals surface area contributed by atoms with Crippen molar-refractivity contribution in [3.63, 3.8) is 0 Å². The molecule has 1 fully saturated rings. The number of aliphatic carboxylic acids is 1. The molecular weight excluding hydrogens is 369 g/mol.